The van der Waals surface area contributed by atoms with Crippen molar-refractivity contribution >= 4 is 17.7 Å². The molecule has 1 saturated carbocycles. The molecule has 3 rings (SSSR count). The number of carbonyl (C=O) groups excluding carboxylic acids is 1. The highest BCUT2D eigenvalue weighted by Crippen LogP contribution is 2.20. The van der Waals surface area contributed by atoms with Crippen molar-refractivity contribution in [2.24, 2.45) is 0 Å². The van der Waals surface area contributed by atoms with E-state index in [0.717, 1.165) is 50.4 Å². The lowest BCUT2D eigenvalue weighted by Crippen LogP contribution is -2.49. The molecule has 1 aromatic heterocycles. The molecule has 0 radical (unpaired) electrons. The third kappa shape index (κ3) is 4.27. The summed E-state index contributed by atoms with van der Waals surface area (Å²) in [7, 11) is 3.93. The third-order valence-corrected chi connectivity index (χ3v) is 4.93. The second kappa shape index (κ2) is 7.68. The highest BCUT2D eigenvalue weighted by Gasteiger charge is 2.25. The van der Waals surface area contributed by atoms with Crippen LogP contribution in [0, 0.1) is 0 Å². The molecule has 1 aromatic rings. The maximum absolute atomic E-state index is 12.3. The maximum Gasteiger partial charge on any atom is 0.317 e. The molecular formula is C17H28N6O. The van der Waals surface area contributed by atoms with Crippen LogP contribution >= 0.6 is 0 Å². The van der Waals surface area contributed by atoms with Crippen LogP contribution in [-0.2, 0) is 0 Å². The van der Waals surface area contributed by atoms with E-state index >= 15 is 0 Å². The standard InChI is InChI=1S/C17H28N6O/c1-22(2)16-11-15(18-12-19-16)20-14-7-9-23(10-8-14)17(24)21-13-5-3-4-6-13/h11-14H,3-10H2,1-2H3,(H,21,24)(H,18,19,20). The van der Waals surface area contributed by atoms with Crippen molar-refractivity contribution < 1.29 is 4.79 Å². The number of anilines is 2. The average Bonchev–Trinajstić information content (AvgIpc) is 3.08. The number of likely N-dealkylation sites (tertiary alicyclic amines) is 1. The Morgan fingerprint density at radius 3 is 2.50 bits per heavy atom. The SMILES string of the molecule is CN(C)c1cc(NC2CCN(C(=O)NC3CCCC3)CC2)ncn1. The van der Waals surface area contributed by atoms with Crippen molar-refractivity contribution in [1.82, 2.24) is 20.2 Å². The van der Waals surface area contributed by atoms with Crippen LogP contribution in [0.4, 0.5) is 16.4 Å². The fourth-order valence-electron chi connectivity index (χ4n) is 3.44. The molecule has 24 heavy (non-hydrogen) atoms. The van der Waals surface area contributed by atoms with E-state index in [1.807, 2.05) is 30.0 Å². The van der Waals surface area contributed by atoms with Gasteiger partial charge in [-0.25, -0.2) is 14.8 Å². The number of rotatable bonds is 4. The first-order valence-corrected chi connectivity index (χ1v) is 8.93. The fraction of sp³-hybridized carbons (Fsp3) is 0.706. The Labute approximate surface area is 143 Å². The van der Waals surface area contributed by atoms with Gasteiger partial charge in [-0.15, -0.1) is 0 Å². The van der Waals surface area contributed by atoms with Gasteiger partial charge >= 0.3 is 6.03 Å². The summed E-state index contributed by atoms with van der Waals surface area (Å²) in [5.41, 5.74) is 0. The van der Waals surface area contributed by atoms with Gasteiger partial charge in [0.2, 0.25) is 0 Å². The van der Waals surface area contributed by atoms with E-state index in [9.17, 15) is 4.79 Å². The lowest BCUT2D eigenvalue weighted by Gasteiger charge is -2.33. The quantitative estimate of drug-likeness (QED) is 0.883. The predicted octanol–water partition coefficient (Wildman–Crippen LogP) is 2.07. The fourth-order valence-corrected chi connectivity index (χ4v) is 3.44. The van der Waals surface area contributed by atoms with E-state index in [2.05, 4.69) is 20.6 Å². The van der Waals surface area contributed by atoms with Gasteiger partial charge in [0.15, 0.2) is 0 Å². The summed E-state index contributed by atoms with van der Waals surface area (Å²) >= 11 is 0. The molecule has 2 amide bonds. The Balaban J connectivity index is 1.46. The van der Waals surface area contributed by atoms with E-state index in [1.165, 1.54) is 12.8 Å². The minimum Gasteiger partial charge on any atom is -0.367 e. The number of carbonyl (C=O) groups is 1. The average molecular weight is 332 g/mol. The number of piperidine rings is 1. The minimum atomic E-state index is 0.109. The van der Waals surface area contributed by atoms with Crippen molar-refractivity contribution in [1.29, 1.82) is 0 Å². The maximum atomic E-state index is 12.3. The molecule has 2 aliphatic rings. The van der Waals surface area contributed by atoms with E-state index in [-0.39, 0.29) is 6.03 Å². The van der Waals surface area contributed by atoms with Crippen molar-refractivity contribution in [3.63, 3.8) is 0 Å². The van der Waals surface area contributed by atoms with Gasteiger partial charge in [-0.2, -0.15) is 0 Å². The number of hydrogen-bond donors (Lipinski definition) is 2. The minimum absolute atomic E-state index is 0.109. The summed E-state index contributed by atoms with van der Waals surface area (Å²) in [4.78, 5) is 24.7. The molecular weight excluding hydrogens is 304 g/mol. The first-order chi connectivity index (χ1) is 11.6. The Bertz CT molecular complexity index is 550. The van der Waals surface area contributed by atoms with Crippen LogP contribution in [0.5, 0.6) is 0 Å². The van der Waals surface area contributed by atoms with Gasteiger partial charge in [0, 0.05) is 45.3 Å². The molecule has 0 bridgehead atoms. The first-order valence-electron chi connectivity index (χ1n) is 8.93. The monoisotopic (exact) mass is 332 g/mol. The van der Waals surface area contributed by atoms with Crippen LogP contribution in [0.15, 0.2) is 12.4 Å². The Kier molecular flexibility index (Phi) is 5.37. The Hall–Kier alpha value is -2.05. The zero-order valence-corrected chi connectivity index (χ0v) is 14.7. The van der Waals surface area contributed by atoms with Crippen LogP contribution in [0.2, 0.25) is 0 Å². The van der Waals surface area contributed by atoms with Crippen LogP contribution in [0.3, 0.4) is 0 Å². The number of nitrogens with zero attached hydrogens (tertiary/aromatic N) is 4. The van der Waals surface area contributed by atoms with Gasteiger partial charge in [-0.1, -0.05) is 12.8 Å². The molecule has 0 unspecified atom stereocenters. The highest BCUT2D eigenvalue weighted by atomic mass is 16.2. The molecule has 7 heteroatoms. The van der Waals surface area contributed by atoms with Crippen LogP contribution < -0.4 is 15.5 Å². The number of urea groups is 1. The predicted molar refractivity (Wildman–Crippen MR) is 95.4 cm³/mol. The number of amides is 2. The van der Waals surface area contributed by atoms with Gasteiger partial charge in [-0.05, 0) is 25.7 Å². The van der Waals surface area contributed by atoms with E-state index < -0.39 is 0 Å². The number of hydrogen-bond acceptors (Lipinski definition) is 5. The van der Waals surface area contributed by atoms with Crippen LogP contribution in [0.1, 0.15) is 38.5 Å². The highest BCUT2D eigenvalue weighted by molar-refractivity contribution is 5.74. The number of aromatic nitrogens is 2. The largest absolute Gasteiger partial charge is 0.367 e. The summed E-state index contributed by atoms with van der Waals surface area (Å²) in [6.07, 6.45) is 8.22. The second-order valence-electron chi connectivity index (χ2n) is 6.99. The van der Waals surface area contributed by atoms with Gasteiger partial charge in [0.25, 0.3) is 0 Å². The van der Waals surface area contributed by atoms with Crippen LogP contribution in [0.25, 0.3) is 0 Å². The van der Waals surface area contributed by atoms with Crippen molar-refractivity contribution in [3.05, 3.63) is 12.4 Å². The zero-order chi connectivity index (χ0) is 16.9. The molecule has 132 valence electrons. The Morgan fingerprint density at radius 2 is 1.83 bits per heavy atom. The summed E-state index contributed by atoms with van der Waals surface area (Å²) in [6.45, 7) is 1.59. The van der Waals surface area contributed by atoms with Crippen molar-refractivity contribution in [3.8, 4) is 0 Å². The molecule has 2 heterocycles. The van der Waals surface area contributed by atoms with Crippen molar-refractivity contribution in [2.75, 3.05) is 37.4 Å². The van der Waals surface area contributed by atoms with E-state index in [0.29, 0.717) is 12.1 Å². The summed E-state index contributed by atoms with van der Waals surface area (Å²) < 4.78 is 0. The van der Waals surface area contributed by atoms with Gasteiger partial charge in [0.05, 0.1) is 0 Å². The summed E-state index contributed by atoms with van der Waals surface area (Å²) in [6, 6.07) is 2.81. The normalized spacial score (nSPS) is 19.3. The second-order valence-corrected chi connectivity index (χ2v) is 6.99. The van der Waals surface area contributed by atoms with Gasteiger partial charge < -0.3 is 20.4 Å². The smallest absolute Gasteiger partial charge is 0.317 e. The molecule has 2 N–H and O–H groups in total. The topological polar surface area (TPSA) is 73.4 Å². The van der Waals surface area contributed by atoms with Gasteiger partial charge in [-0.3, -0.25) is 0 Å². The summed E-state index contributed by atoms with van der Waals surface area (Å²) in [5, 5.41) is 6.65. The first kappa shape index (κ1) is 16.8. The third-order valence-electron chi connectivity index (χ3n) is 4.93. The Morgan fingerprint density at radius 1 is 1.12 bits per heavy atom. The molecule has 1 saturated heterocycles. The molecule has 2 fully saturated rings. The van der Waals surface area contributed by atoms with Crippen LogP contribution in [-0.4, -0.2) is 60.2 Å². The molecule has 0 aromatic carbocycles. The van der Waals surface area contributed by atoms with Crippen molar-refractivity contribution in [2.45, 2.75) is 50.6 Å². The van der Waals surface area contributed by atoms with E-state index in [4.69, 9.17) is 0 Å². The lowest BCUT2D eigenvalue weighted by molar-refractivity contribution is 0.180. The number of nitrogens with one attached hydrogen (secondary N) is 2. The molecule has 7 nitrogen and oxygen atoms in total. The molecule has 1 aliphatic carbocycles. The molecule has 1 aliphatic heterocycles. The lowest BCUT2D eigenvalue weighted by atomic mass is 10.1. The van der Waals surface area contributed by atoms with E-state index in [1.54, 1.807) is 6.33 Å². The summed E-state index contributed by atoms with van der Waals surface area (Å²) in [5.74, 6) is 1.74. The van der Waals surface area contributed by atoms with Gasteiger partial charge in [0.1, 0.15) is 18.0 Å². The molecule has 0 spiro atoms. The zero-order valence-electron chi connectivity index (χ0n) is 14.7. The molecule has 0 atom stereocenters.